The lowest BCUT2D eigenvalue weighted by Crippen LogP contribution is -2.18. The van der Waals surface area contributed by atoms with Crippen LogP contribution in [-0.4, -0.2) is 38.8 Å². The maximum absolute atomic E-state index is 12.5. The normalized spacial score (nSPS) is 26.9. The van der Waals surface area contributed by atoms with Crippen molar-refractivity contribution in [2.24, 2.45) is 11.8 Å². The van der Waals surface area contributed by atoms with Crippen molar-refractivity contribution in [3.8, 4) is 0 Å². The maximum atomic E-state index is 12.5. The highest BCUT2D eigenvalue weighted by atomic mass is 32.2. The van der Waals surface area contributed by atoms with E-state index in [-0.39, 0.29) is 11.2 Å². The highest BCUT2D eigenvalue weighted by molar-refractivity contribution is 7.92. The highest BCUT2D eigenvalue weighted by Crippen LogP contribution is 2.46. The molecule has 1 N–H and O–H groups in total. The number of aromatic amines is 1. The van der Waals surface area contributed by atoms with Crippen LogP contribution >= 0.6 is 0 Å². The molecule has 2 saturated carbocycles. The van der Waals surface area contributed by atoms with Gasteiger partial charge in [0.15, 0.2) is 15.5 Å². The third-order valence-corrected chi connectivity index (χ3v) is 8.66. The van der Waals surface area contributed by atoms with E-state index in [1.54, 1.807) is 0 Å². The Hall–Kier alpha value is -1.89. The smallest absolute Gasteiger partial charge is 0.154 e. The highest BCUT2D eigenvalue weighted by Gasteiger charge is 2.42. The third-order valence-electron chi connectivity index (χ3n) is 6.24. The minimum absolute atomic E-state index is 0.0561. The molecule has 2 aliphatic rings. The van der Waals surface area contributed by atoms with E-state index in [1.807, 2.05) is 24.7 Å². The lowest BCUT2D eigenvalue weighted by molar-refractivity contribution is 0.449. The number of sulfone groups is 1. The van der Waals surface area contributed by atoms with Crippen molar-refractivity contribution in [2.45, 2.75) is 50.2 Å². The quantitative estimate of drug-likeness (QED) is 0.745. The van der Waals surface area contributed by atoms with E-state index in [9.17, 15) is 8.42 Å². The Kier molecular flexibility index (Phi) is 3.64. The van der Waals surface area contributed by atoms with Crippen LogP contribution in [0.25, 0.3) is 16.7 Å². The molecule has 0 bridgehead atoms. The molecular formula is C19H24N4O2S. The zero-order valence-electron chi connectivity index (χ0n) is 14.9. The van der Waals surface area contributed by atoms with Crippen molar-refractivity contribution in [1.29, 1.82) is 0 Å². The molecule has 3 aromatic rings. The molecule has 0 aliphatic heterocycles. The summed E-state index contributed by atoms with van der Waals surface area (Å²) >= 11 is 0. The van der Waals surface area contributed by atoms with Gasteiger partial charge in [0.2, 0.25) is 0 Å². The van der Waals surface area contributed by atoms with E-state index < -0.39 is 9.84 Å². The van der Waals surface area contributed by atoms with Gasteiger partial charge in [-0.05, 0) is 43.6 Å². The second-order valence-electron chi connectivity index (χ2n) is 7.99. The molecular weight excluding hydrogens is 348 g/mol. The standard InChI is InChI=1S/C19H24N4O2S/c1-2-13-7-12(11-26(24,25)15-3-4-15)8-16(13)19-22-10-14-9-21-18-17(23(14)19)5-6-20-18/h5-6,9-10,12-13,15-16,20H,2-4,7-8,11H2,1H3/t12-,13+,16-/m1/s1. The molecule has 3 heterocycles. The van der Waals surface area contributed by atoms with Crippen molar-refractivity contribution >= 4 is 26.5 Å². The molecule has 2 fully saturated rings. The Morgan fingerprint density at radius 3 is 2.81 bits per heavy atom. The van der Waals surface area contributed by atoms with Crippen LogP contribution in [0.2, 0.25) is 0 Å². The third kappa shape index (κ3) is 2.55. The first-order valence-corrected chi connectivity index (χ1v) is 11.3. The van der Waals surface area contributed by atoms with Crippen LogP contribution in [0.15, 0.2) is 24.7 Å². The summed E-state index contributed by atoms with van der Waals surface area (Å²) in [6, 6.07) is 2.03. The SMILES string of the molecule is CC[C@H]1C[C@@H](CS(=O)(=O)C2CC2)C[C@H]1c1ncc2cnc3[nH]ccc3n12. The van der Waals surface area contributed by atoms with Gasteiger partial charge in [-0.2, -0.15) is 0 Å². The predicted molar refractivity (Wildman–Crippen MR) is 101 cm³/mol. The summed E-state index contributed by atoms with van der Waals surface area (Å²) in [6.07, 6.45) is 10.3. The Morgan fingerprint density at radius 2 is 2.04 bits per heavy atom. The molecule has 6 nitrogen and oxygen atoms in total. The molecule has 0 unspecified atom stereocenters. The molecule has 138 valence electrons. The number of fused-ring (bicyclic) bond motifs is 3. The van der Waals surface area contributed by atoms with Crippen molar-refractivity contribution in [3.05, 3.63) is 30.5 Å². The fourth-order valence-corrected chi connectivity index (χ4v) is 6.85. The topological polar surface area (TPSA) is 80.1 Å². The van der Waals surface area contributed by atoms with Crippen molar-refractivity contribution in [2.75, 3.05) is 5.75 Å². The summed E-state index contributed by atoms with van der Waals surface area (Å²) in [7, 11) is -2.90. The summed E-state index contributed by atoms with van der Waals surface area (Å²) < 4.78 is 27.1. The van der Waals surface area contributed by atoms with Crippen LogP contribution in [0.3, 0.4) is 0 Å². The minimum Gasteiger partial charge on any atom is -0.345 e. The van der Waals surface area contributed by atoms with Gasteiger partial charge in [-0.25, -0.2) is 18.4 Å². The number of H-pyrrole nitrogens is 1. The van der Waals surface area contributed by atoms with Crippen LogP contribution in [0.1, 0.15) is 50.8 Å². The maximum Gasteiger partial charge on any atom is 0.154 e. The average Bonchev–Trinajstić information content (AvgIpc) is 3.06. The van der Waals surface area contributed by atoms with Crippen LogP contribution in [0.5, 0.6) is 0 Å². The fourth-order valence-electron chi connectivity index (χ4n) is 4.80. The molecule has 7 heteroatoms. The van der Waals surface area contributed by atoms with Gasteiger partial charge in [0.05, 0.1) is 34.4 Å². The minimum atomic E-state index is -2.90. The first-order chi connectivity index (χ1) is 12.6. The molecule has 0 saturated heterocycles. The first kappa shape index (κ1) is 16.3. The molecule has 5 rings (SSSR count). The summed E-state index contributed by atoms with van der Waals surface area (Å²) in [5, 5.41) is -0.0561. The van der Waals surface area contributed by atoms with E-state index in [1.165, 1.54) is 0 Å². The number of aromatic nitrogens is 4. The Labute approximate surface area is 153 Å². The molecule has 0 radical (unpaired) electrons. The monoisotopic (exact) mass is 372 g/mol. The largest absolute Gasteiger partial charge is 0.345 e. The summed E-state index contributed by atoms with van der Waals surface area (Å²) in [5.74, 6) is 2.47. The van der Waals surface area contributed by atoms with Crippen LogP contribution < -0.4 is 0 Å². The van der Waals surface area contributed by atoms with E-state index >= 15 is 0 Å². The van der Waals surface area contributed by atoms with Crippen LogP contribution in [0, 0.1) is 11.8 Å². The number of hydrogen-bond acceptors (Lipinski definition) is 4. The van der Waals surface area contributed by atoms with E-state index in [2.05, 4.69) is 21.3 Å². The summed E-state index contributed by atoms with van der Waals surface area (Å²) in [4.78, 5) is 12.4. The van der Waals surface area contributed by atoms with Gasteiger partial charge in [-0.3, -0.25) is 4.40 Å². The van der Waals surface area contributed by atoms with Crippen molar-refractivity contribution in [3.63, 3.8) is 0 Å². The van der Waals surface area contributed by atoms with E-state index in [4.69, 9.17) is 4.98 Å². The molecule has 0 amide bonds. The number of nitrogens with zero attached hydrogens (tertiary/aromatic N) is 3. The second kappa shape index (κ2) is 5.81. The number of rotatable bonds is 5. The molecule has 26 heavy (non-hydrogen) atoms. The van der Waals surface area contributed by atoms with Gasteiger partial charge >= 0.3 is 0 Å². The van der Waals surface area contributed by atoms with Crippen molar-refractivity contribution < 1.29 is 8.42 Å². The Morgan fingerprint density at radius 1 is 1.23 bits per heavy atom. The van der Waals surface area contributed by atoms with Gasteiger partial charge in [-0.15, -0.1) is 0 Å². The van der Waals surface area contributed by atoms with Gasteiger partial charge in [-0.1, -0.05) is 13.3 Å². The molecule has 2 aliphatic carbocycles. The summed E-state index contributed by atoms with van der Waals surface area (Å²) in [5.41, 5.74) is 2.89. The zero-order chi connectivity index (χ0) is 17.9. The first-order valence-electron chi connectivity index (χ1n) is 9.58. The average molecular weight is 372 g/mol. The Balaban J connectivity index is 1.50. The lowest BCUT2D eigenvalue weighted by atomic mass is 9.93. The zero-order valence-corrected chi connectivity index (χ0v) is 15.7. The van der Waals surface area contributed by atoms with Crippen LogP contribution in [-0.2, 0) is 9.84 Å². The van der Waals surface area contributed by atoms with Crippen molar-refractivity contribution in [1.82, 2.24) is 19.4 Å². The Bertz CT molecular complexity index is 1060. The second-order valence-corrected chi connectivity index (χ2v) is 10.3. The molecule has 0 aromatic carbocycles. The molecule has 3 atom stereocenters. The molecule has 0 spiro atoms. The van der Waals surface area contributed by atoms with E-state index in [0.717, 1.165) is 54.6 Å². The van der Waals surface area contributed by atoms with Gasteiger partial charge < -0.3 is 4.98 Å². The fraction of sp³-hybridized carbons (Fsp3) is 0.579. The van der Waals surface area contributed by atoms with Gasteiger partial charge in [0.1, 0.15) is 5.82 Å². The lowest BCUT2D eigenvalue weighted by Gasteiger charge is -2.17. The van der Waals surface area contributed by atoms with Gasteiger partial charge in [0.25, 0.3) is 0 Å². The van der Waals surface area contributed by atoms with Crippen LogP contribution in [0.4, 0.5) is 0 Å². The van der Waals surface area contributed by atoms with E-state index in [0.29, 0.717) is 17.6 Å². The number of hydrogen-bond donors (Lipinski definition) is 1. The molecule has 3 aromatic heterocycles. The van der Waals surface area contributed by atoms with Gasteiger partial charge in [0, 0.05) is 12.1 Å². The number of nitrogens with one attached hydrogen (secondary N) is 1. The number of imidazole rings is 1. The predicted octanol–water partition coefficient (Wildman–Crippen LogP) is 3.31. The summed E-state index contributed by atoms with van der Waals surface area (Å²) in [6.45, 7) is 2.21.